The predicted molar refractivity (Wildman–Crippen MR) is 88.4 cm³/mol. The summed E-state index contributed by atoms with van der Waals surface area (Å²) in [6, 6.07) is 6.50. The van der Waals surface area contributed by atoms with Crippen molar-refractivity contribution >= 4 is 11.6 Å². The summed E-state index contributed by atoms with van der Waals surface area (Å²) in [7, 11) is 2.07. The normalized spacial score (nSPS) is 25.6. The summed E-state index contributed by atoms with van der Waals surface area (Å²) < 4.78 is 0. The number of nitrogens with one attached hydrogen (secondary N) is 1. The van der Waals surface area contributed by atoms with E-state index in [0.29, 0.717) is 5.41 Å². The second-order valence-corrected chi connectivity index (χ2v) is 7.69. The third-order valence-electron chi connectivity index (χ3n) is 4.83. The lowest BCUT2D eigenvalue weighted by Crippen LogP contribution is -2.36. The maximum Gasteiger partial charge on any atom is 0.0440 e. The van der Waals surface area contributed by atoms with E-state index in [1.165, 1.54) is 30.4 Å². The van der Waals surface area contributed by atoms with Crippen LogP contribution >= 0.6 is 11.6 Å². The van der Waals surface area contributed by atoms with E-state index in [2.05, 4.69) is 51.3 Å². The highest BCUT2D eigenvalue weighted by atomic mass is 35.5. The summed E-state index contributed by atoms with van der Waals surface area (Å²) >= 11 is 6.43. The van der Waals surface area contributed by atoms with Gasteiger partial charge in [-0.2, -0.15) is 0 Å². The average molecular weight is 294 g/mol. The standard InChI is InChI=1S/C18H28ClN/c1-13-5-6-14(17(19)9-13)10-16-11-18(2,3)8-7-15(16)12-20-4/h5-6,9,15-16,20H,7-8,10-12H2,1-4H3. The number of hydrogen-bond acceptors (Lipinski definition) is 1. The fourth-order valence-electron chi connectivity index (χ4n) is 3.66. The maximum absolute atomic E-state index is 6.43. The Bertz CT molecular complexity index is 453. The van der Waals surface area contributed by atoms with Crippen molar-refractivity contribution in [2.75, 3.05) is 13.6 Å². The largest absolute Gasteiger partial charge is 0.319 e. The molecule has 0 saturated heterocycles. The van der Waals surface area contributed by atoms with Crippen LogP contribution in [0.2, 0.25) is 5.02 Å². The minimum atomic E-state index is 0.478. The number of halogens is 1. The molecule has 1 aromatic rings. The van der Waals surface area contributed by atoms with E-state index in [4.69, 9.17) is 11.6 Å². The molecule has 1 aliphatic carbocycles. The zero-order chi connectivity index (χ0) is 14.8. The lowest BCUT2D eigenvalue weighted by atomic mass is 9.65. The van der Waals surface area contributed by atoms with E-state index in [9.17, 15) is 0 Å². The lowest BCUT2D eigenvalue weighted by molar-refractivity contribution is 0.117. The Hall–Kier alpha value is -0.530. The molecule has 2 rings (SSSR count). The van der Waals surface area contributed by atoms with Gasteiger partial charge in [0.15, 0.2) is 0 Å². The lowest BCUT2D eigenvalue weighted by Gasteiger charge is -2.41. The van der Waals surface area contributed by atoms with Crippen LogP contribution in [0.5, 0.6) is 0 Å². The Balaban J connectivity index is 2.14. The van der Waals surface area contributed by atoms with Gasteiger partial charge in [0.1, 0.15) is 0 Å². The molecule has 0 heterocycles. The van der Waals surface area contributed by atoms with Crippen LogP contribution in [0.3, 0.4) is 0 Å². The first-order chi connectivity index (χ1) is 9.41. The predicted octanol–water partition coefficient (Wildman–Crippen LogP) is 4.85. The highest BCUT2D eigenvalue weighted by Crippen LogP contribution is 2.43. The third-order valence-corrected chi connectivity index (χ3v) is 5.18. The van der Waals surface area contributed by atoms with Gasteiger partial charge in [-0.1, -0.05) is 37.6 Å². The highest BCUT2D eigenvalue weighted by molar-refractivity contribution is 6.31. The van der Waals surface area contributed by atoms with Gasteiger partial charge in [-0.05, 0) is 80.6 Å². The first-order valence-corrected chi connectivity index (χ1v) is 8.19. The van der Waals surface area contributed by atoms with Crippen LogP contribution in [0, 0.1) is 24.2 Å². The summed E-state index contributed by atoms with van der Waals surface area (Å²) in [6.07, 6.45) is 5.11. The smallest absolute Gasteiger partial charge is 0.0440 e. The van der Waals surface area contributed by atoms with Gasteiger partial charge in [-0.3, -0.25) is 0 Å². The molecule has 0 bridgehead atoms. The van der Waals surface area contributed by atoms with Crippen LogP contribution in [0.4, 0.5) is 0 Å². The summed E-state index contributed by atoms with van der Waals surface area (Å²) in [5.41, 5.74) is 3.04. The molecule has 112 valence electrons. The summed E-state index contributed by atoms with van der Waals surface area (Å²) in [5, 5.41) is 4.31. The van der Waals surface area contributed by atoms with E-state index in [-0.39, 0.29) is 0 Å². The molecule has 0 aliphatic heterocycles. The van der Waals surface area contributed by atoms with Crippen molar-refractivity contribution in [2.45, 2.75) is 46.5 Å². The third kappa shape index (κ3) is 3.99. The minimum absolute atomic E-state index is 0.478. The highest BCUT2D eigenvalue weighted by Gasteiger charge is 2.34. The molecule has 1 fully saturated rings. The van der Waals surface area contributed by atoms with E-state index in [0.717, 1.165) is 29.8 Å². The van der Waals surface area contributed by atoms with Crippen molar-refractivity contribution in [3.05, 3.63) is 34.3 Å². The molecule has 1 aliphatic rings. The summed E-state index contributed by atoms with van der Waals surface area (Å²) in [6.45, 7) is 8.05. The average Bonchev–Trinajstić information content (AvgIpc) is 2.36. The molecule has 0 amide bonds. The van der Waals surface area contributed by atoms with Gasteiger partial charge >= 0.3 is 0 Å². The number of hydrogen-bond donors (Lipinski definition) is 1. The Labute approximate surface area is 129 Å². The Morgan fingerprint density at radius 2 is 2.05 bits per heavy atom. The summed E-state index contributed by atoms with van der Waals surface area (Å²) in [5.74, 6) is 1.52. The van der Waals surface area contributed by atoms with Gasteiger partial charge in [0.2, 0.25) is 0 Å². The molecule has 2 unspecified atom stereocenters. The van der Waals surface area contributed by atoms with Gasteiger partial charge in [0.25, 0.3) is 0 Å². The van der Waals surface area contributed by atoms with Crippen LogP contribution < -0.4 is 5.32 Å². The topological polar surface area (TPSA) is 12.0 Å². The molecule has 2 heteroatoms. The molecule has 1 N–H and O–H groups in total. The van der Waals surface area contributed by atoms with Crippen LogP contribution in [0.1, 0.15) is 44.2 Å². The molecule has 2 atom stereocenters. The van der Waals surface area contributed by atoms with Crippen LogP contribution in [0.25, 0.3) is 0 Å². The second-order valence-electron chi connectivity index (χ2n) is 7.28. The molecule has 0 spiro atoms. The second kappa shape index (κ2) is 6.49. The van der Waals surface area contributed by atoms with Crippen LogP contribution in [-0.4, -0.2) is 13.6 Å². The Morgan fingerprint density at radius 3 is 2.70 bits per heavy atom. The van der Waals surface area contributed by atoms with Crippen LogP contribution in [-0.2, 0) is 6.42 Å². The minimum Gasteiger partial charge on any atom is -0.319 e. The number of rotatable bonds is 4. The zero-order valence-electron chi connectivity index (χ0n) is 13.3. The quantitative estimate of drug-likeness (QED) is 0.836. The van der Waals surface area contributed by atoms with Gasteiger partial charge in [-0.25, -0.2) is 0 Å². The first-order valence-electron chi connectivity index (χ1n) is 7.81. The zero-order valence-corrected chi connectivity index (χ0v) is 14.1. The Morgan fingerprint density at radius 1 is 1.30 bits per heavy atom. The van der Waals surface area contributed by atoms with Gasteiger partial charge < -0.3 is 5.32 Å². The van der Waals surface area contributed by atoms with Crippen molar-refractivity contribution < 1.29 is 0 Å². The van der Waals surface area contributed by atoms with Crippen molar-refractivity contribution in [3.63, 3.8) is 0 Å². The molecule has 0 radical (unpaired) electrons. The van der Waals surface area contributed by atoms with E-state index in [1.54, 1.807) is 0 Å². The molecule has 1 saturated carbocycles. The fraction of sp³-hybridized carbons (Fsp3) is 0.667. The van der Waals surface area contributed by atoms with E-state index >= 15 is 0 Å². The molecule has 20 heavy (non-hydrogen) atoms. The number of aryl methyl sites for hydroxylation is 1. The van der Waals surface area contributed by atoms with Crippen LogP contribution in [0.15, 0.2) is 18.2 Å². The van der Waals surface area contributed by atoms with E-state index < -0.39 is 0 Å². The molecule has 1 aromatic carbocycles. The van der Waals surface area contributed by atoms with Gasteiger partial charge in [0, 0.05) is 5.02 Å². The molecular formula is C18H28ClN. The molecule has 0 aromatic heterocycles. The van der Waals surface area contributed by atoms with Crippen molar-refractivity contribution in [3.8, 4) is 0 Å². The molecular weight excluding hydrogens is 266 g/mol. The van der Waals surface area contributed by atoms with Crippen molar-refractivity contribution in [1.29, 1.82) is 0 Å². The van der Waals surface area contributed by atoms with Gasteiger partial charge in [0.05, 0.1) is 0 Å². The Kier molecular flexibility index (Phi) is 5.14. The maximum atomic E-state index is 6.43. The van der Waals surface area contributed by atoms with Crippen molar-refractivity contribution in [1.82, 2.24) is 5.32 Å². The van der Waals surface area contributed by atoms with E-state index in [1.807, 2.05) is 0 Å². The monoisotopic (exact) mass is 293 g/mol. The molecule has 1 nitrogen and oxygen atoms in total. The SMILES string of the molecule is CNCC1CCC(C)(C)CC1Cc1ccc(C)cc1Cl. The first kappa shape index (κ1) is 15.9. The fourth-order valence-corrected chi connectivity index (χ4v) is 3.97. The summed E-state index contributed by atoms with van der Waals surface area (Å²) in [4.78, 5) is 0. The number of benzene rings is 1. The van der Waals surface area contributed by atoms with Crippen molar-refractivity contribution in [2.24, 2.45) is 17.3 Å². The van der Waals surface area contributed by atoms with Gasteiger partial charge in [-0.15, -0.1) is 0 Å².